The van der Waals surface area contributed by atoms with Gasteiger partial charge in [-0.25, -0.2) is 9.97 Å². The second-order valence-electron chi connectivity index (χ2n) is 6.01. The van der Waals surface area contributed by atoms with Crippen molar-refractivity contribution in [3.8, 4) is 0 Å². The van der Waals surface area contributed by atoms with Gasteiger partial charge >= 0.3 is 0 Å². The van der Waals surface area contributed by atoms with E-state index < -0.39 is 4.92 Å². The Hall–Kier alpha value is -2.97. The minimum absolute atomic E-state index is 0.00364. The van der Waals surface area contributed by atoms with E-state index in [2.05, 4.69) is 25.2 Å². The molecule has 2 aromatic heterocycles. The van der Waals surface area contributed by atoms with E-state index in [1.807, 2.05) is 0 Å². The molecule has 0 saturated carbocycles. The zero-order chi connectivity index (χ0) is 17.6. The number of carbonyl (C=O) groups is 1. The molecule has 9 heteroatoms. The zero-order valence-electron chi connectivity index (χ0n) is 13.7. The number of carbonyl (C=O) groups excluding carboxylic acids is 1. The lowest BCUT2D eigenvalue weighted by molar-refractivity contribution is -0.385. The van der Waals surface area contributed by atoms with Gasteiger partial charge in [0.2, 0.25) is 5.91 Å². The summed E-state index contributed by atoms with van der Waals surface area (Å²) in [6.45, 7) is 2.01. The molecule has 0 aromatic carbocycles. The van der Waals surface area contributed by atoms with Crippen LogP contribution in [-0.2, 0) is 11.2 Å². The van der Waals surface area contributed by atoms with Gasteiger partial charge in [-0.3, -0.25) is 14.9 Å². The molecule has 1 fully saturated rings. The topological polar surface area (TPSA) is 117 Å². The lowest BCUT2D eigenvalue weighted by atomic mass is 9.96. The van der Waals surface area contributed by atoms with E-state index in [1.165, 1.54) is 12.3 Å². The standard InChI is InChI=1S/C16H20N6O3/c23-16(18-6-3-13-9-17-11-20-13)12-4-7-21(8-5-12)15-2-1-14(10-19-15)22(24)25/h1-2,9-12H,3-8H2,(H,17,20)(H,18,23). The van der Waals surface area contributed by atoms with Gasteiger partial charge in [-0.05, 0) is 18.9 Å². The third-order valence-corrected chi connectivity index (χ3v) is 4.38. The average molecular weight is 344 g/mol. The summed E-state index contributed by atoms with van der Waals surface area (Å²) in [6, 6.07) is 3.11. The maximum atomic E-state index is 12.2. The minimum atomic E-state index is -0.462. The molecule has 0 atom stereocenters. The summed E-state index contributed by atoms with van der Waals surface area (Å²) in [7, 11) is 0. The van der Waals surface area contributed by atoms with Gasteiger partial charge in [0, 0.05) is 49.9 Å². The van der Waals surface area contributed by atoms with Crippen molar-refractivity contribution in [2.75, 3.05) is 24.5 Å². The smallest absolute Gasteiger partial charge is 0.287 e. The van der Waals surface area contributed by atoms with Gasteiger partial charge in [-0.1, -0.05) is 0 Å². The van der Waals surface area contributed by atoms with Crippen LogP contribution in [0.4, 0.5) is 11.5 Å². The van der Waals surface area contributed by atoms with Gasteiger partial charge in [0.1, 0.15) is 12.0 Å². The van der Waals surface area contributed by atoms with E-state index in [1.54, 1.807) is 18.6 Å². The number of H-pyrrole nitrogens is 1. The number of nitrogens with zero attached hydrogens (tertiary/aromatic N) is 4. The molecule has 0 spiro atoms. The van der Waals surface area contributed by atoms with Crippen LogP contribution in [0.2, 0.25) is 0 Å². The number of pyridine rings is 1. The molecule has 3 rings (SSSR count). The van der Waals surface area contributed by atoms with Crippen molar-refractivity contribution in [1.29, 1.82) is 0 Å². The Labute approximate surface area is 144 Å². The molecule has 1 aliphatic rings. The number of nitrogens with one attached hydrogen (secondary N) is 2. The Morgan fingerprint density at radius 3 is 2.76 bits per heavy atom. The Bertz CT molecular complexity index is 708. The molecule has 1 aliphatic heterocycles. The number of amides is 1. The van der Waals surface area contributed by atoms with E-state index >= 15 is 0 Å². The van der Waals surface area contributed by atoms with Gasteiger partial charge in [0.25, 0.3) is 5.69 Å². The molecule has 0 bridgehead atoms. The predicted octanol–water partition coefficient (Wildman–Crippen LogP) is 1.29. The summed E-state index contributed by atoms with van der Waals surface area (Å²) in [5.41, 5.74) is 0.981. The molecule has 25 heavy (non-hydrogen) atoms. The van der Waals surface area contributed by atoms with Crippen molar-refractivity contribution in [2.24, 2.45) is 5.92 Å². The summed E-state index contributed by atoms with van der Waals surface area (Å²) < 4.78 is 0. The summed E-state index contributed by atoms with van der Waals surface area (Å²) in [5, 5.41) is 13.6. The number of aromatic amines is 1. The van der Waals surface area contributed by atoms with E-state index in [9.17, 15) is 14.9 Å². The minimum Gasteiger partial charge on any atom is -0.357 e. The van der Waals surface area contributed by atoms with Crippen molar-refractivity contribution in [3.05, 3.63) is 46.7 Å². The first-order valence-corrected chi connectivity index (χ1v) is 8.24. The van der Waals surface area contributed by atoms with Crippen LogP contribution in [0.1, 0.15) is 18.5 Å². The Balaban J connectivity index is 1.44. The fraction of sp³-hybridized carbons (Fsp3) is 0.438. The molecule has 2 aromatic rings. The summed E-state index contributed by atoms with van der Waals surface area (Å²) >= 11 is 0. The highest BCUT2D eigenvalue weighted by molar-refractivity contribution is 5.79. The molecule has 9 nitrogen and oxygen atoms in total. The van der Waals surface area contributed by atoms with Crippen LogP contribution in [-0.4, -0.2) is 45.4 Å². The molecule has 0 aliphatic carbocycles. The normalized spacial score (nSPS) is 15.1. The van der Waals surface area contributed by atoms with Gasteiger partial charge < -0.3 is 15.2 Å². The first-order valence-electron chi connectivity index (χ1n) is 8.24. The third kappa shape index (κ3) is 4.31. The van der Waals surface area contributed by atoms with Crippen molar-refractivity contribution in [1.82, 2.24) is 20.3 Å². The molecule has 132 valence electrons. The lowest BCUT2D eigenvalue weighted by Crippen LogP contribution is -2.41. The second kappa shape index (κ2) is 7.73. The molecule has 1 saturated heterocycles. The number of piperidine rings is 1. The molecule has 1 amide bonds. The molecule has 0 radical (unpaired) electrons. The van der Waals surface area contributed by atoms with Crippen LogP contribution in [0.25, 0.3) is 0 Å². The van der Waals surface area contributed by atoms with Crippen LogP contribution < -0.4 is 10.2 Å². The predicted molar refractivity (Wildman–Crippen MR) is 91.1 cm³/mol. The Morgan fingerprint density at radius 2 is 2.16 bits per heavy atom. The van der Waals surface area contributed by atoms with E-state index in [4.69, 9.17) is 0 Å². The highest BCUT2D eigenvalue weighted by Gasteiger charge is 2.25. The van der Waals surface area contributed by atoms with Gasteiger partial charge in [0.15, 0.2) is 0 Å². The number of anilines is 1. The quantitative estimate of drug-likeness (QED) is 0.602. The molecule has 3 heterocycles. The monoisotopic (exact) mass is 344 g/mol. The third-order valence-electron chi connectivity index (χ3n) is 4.38. The fourth-order valence-electron chi connectivity index (χ4n) is 2.93. The molecular weight excluding hydrogens is 324 g/mol. The van der Waals surface area contributed by atoms with E-state index in [-0.39, 0.29) is 17.5 Å². The Morgan fingerprint density at radius 1 is 1.36 bits per heavy atom. The number of aromatic nitrogens is 3. The molecule has 0 unspecified atom stereocenters. The fourth-order valence-corrected chi connectivity index (χ4v) is 2.93. The van der Waals surface area contributed by atoms with Crippen LogP contribution >= 0.6 is 0 Å². The Kier molecular flexibility index (Phi) is 5.22. The second-order valence-corrected chi connectivity index (χ2v) is 6.01. The number of hydrogen-bond acceptors (Lipinski definition) is 6. The van der Waals surface area contributed by atoms with Crippen molar-refractivity contribution < 1.29 is 9.72 Å². The number of nitro groups is 1. The summed E-state index contributed by atoms with van der Waals surface area (Å²) in [5.74, 6) is 0.788. The number of imidazole rings is 1. The van der Waals surface area contributed by atoms with Crippen LogP contribution in [0.3, 0.4) is 0 Å². The van der Waals surface area contributed by atoms with E-state index in [0.717, 1.165) is 25.0 Å². The highest BCUT2D eigenvalue weighted by Crippen LogP contribution is 2.23. The van der Waals surface area contributed by atoms with E-state index in [0.29, 0.717) is 25.5 Å². The van der Waals surface area contributed by atoms with Gasteiger partial charge in [0.05, 0.1) is 11.3 Å². The number of hydrogen-bond donors (Lipinski definition) is 2. The number of rotatable bonds is 6. The first kappa shape index (κ1) is 16.9. The van der Waals surface area contributed by atoms with Crippen LogP contribution in [0.5, 0.6) is 0 Å². The zero-order valence-corrected chi connectivity index (χ0v) is 13.7. The van der Waals surface area contributed by atoms with Gasteiger partial charge in [-0.15, -0.1) is 0 Å². The largest absolute Gasteiger partial charge is 0.357 e. The van der Waals surface area contributed by atoms with Crippen molar-refractivity contribution in [2.45, 2.75) is 19.3 Å². The maximum absolute atomic E-state index is 12.2. The first-order chi connectivity index (χ1) is 12.1. The summed E-state index contributed by atoms with van der Waals surface area (Å²) in [6.07, 6.45) is 6.87. The van der Waals surface area contributed by atoms with Gasteiger partial charge in [-0.2, -0.15) is 0 Å². The molecule has 2 N–H and O–H groups in total. The van der Waals surface area contributed by atoms with Crippen molar-refractivity contribution in [3.63, 3.8) is 0 Å². The lowest BCUT2D eigenvalue weighted by Gasteiger charge is -2.32. The highest BCUT2D eigenvalue weighted by atomic mass is 16.6. The van der Waals surface area contributed by atoms with Crippen LogP contribution in [0, 0.1) is 16.0 Å². The average Bonchev–Trinajstić information content (AvgIpc) is 3.15. The summed E-state index contributed by atoms with van der Waals surface area (Å²) in [4.78, 5) is 35.6. The molecular formula is C16H20N6O3. The SMILES string of the molecule is O=C(NCCc1cnc[nH]1)C1CCN(c2ccc([N+](=O)[O-])cn2)CC1. The maximum Gasteiger partial charge on any atom is 0.287 e. The van der Waals surface area contributed by atoms with Crippen LogP contribution in [0.15, 0.2) is 30.9 Å². The van der Waals surface area contributed by atoms with Crippen molar-refractivity contribution >= 4 is 17.4 Å².